The van der Waals surface area contributed by atoms with Crippen molar-refractivity contribution in [2.45, 2.75) is 4.90 Å². The molecule has 0 aromatic carbocycles. The van der Waals surface area contributed by atoms with Gasteiger partial charge in [0.1, 0.15) is 17.6 Å². The van der Waals surface area contributed by atoms with Crippen LogP contribution in [0.15, 0.2) is 23.2 Å². The zero-order valence-electron chi connectivity index (χ0n) is 12.6. The number of likely N-dealkylation sites (N-methyl/N-ethyl adjacent to an activating group) is 1. The van der Waals surface area contributed by atoms with Gasteiger partial charge in [-0.3, -0.25) is 5.32 Å². The van der Waals surface area contributed by atoms with Crippen molar-refractivity contribution in [3.8, 4) is 0 Å². The van der Waals surface area contributed by atoms with Crippen LogP contribution in [0.3, 0.4) is 0 Å². The molecular formula is C13H24N4O3S+2. The molecule has 0 atom stereocenters. The number of aromatic nitrogens is 1. The highest BCUT2D eigenvalue weighted by atomic mass is 32.2. The molecule has 0 spiro atoms. The summed E-state index contributed by atoms with van der Waals surface area (Å²) in [7, 11) is 0.328. The number of ether oxygens (including phenoxy) is 1. The summed E-state index contributed by atoms with van der Waals surface area (Å²) < 4.78 is 31.5. The zero-order valence-corrected chi connectivity index (χ0v) is 13.4. The van der Waals surface area contributed by atoms with Crippen molar-refractivity contribution in [1.29, 1.82) is 0 Å². The first kappa shape index (κ1) is 16.2. The standard InChI is InChI=1S/C13H22N4O3S/c1-16-6-8-17(9-7-16)21(18,19)12-3-4-13(15-11-12)14-5-10-20-2/h3-4,11H,5-10H2,1-2H3,(H,14,15)/p+2. The fraction of sp³-hybridized carbons (Fsp3) is 0.615. The quantitative estimate of drug-likeness (QED) is 0.600. The minimum atomic E-state index is -3.39. The van der Waals surface area contributed by atoms with E-state index < -0.39 is 10.0 Å². The number of nitrogens with zero attached hydrogens (tertiary/aromatic N) is 1. The van der Waals surface area contributed by atoms with Gasteiger partial charge in [-0.25, -0.2) is 13.4 Å². The molecule has 1 saturated heterocycles. The predicted octanol–water partition coefficient (Wildman–Crippen LogP) is -1.92. The van der Waals surface area contributed by atoms with Crippen LogP contribution in [-0.4, -0.2) is 66.2 Å². The third-order valence-electron chi connectivity index (χ3n) is 3.62. The summed E-state index contributed by atoms with van der Waals surface area (Å²) in [5.41, 5.74) is 0. The highest BCUT2D eigenvalue weighted by molar-refractivity contribution is 7.89. The molecule has 2 rings (SSSR count). The maximum absolute atomic E-state index is 12.5. The van der Waals surface area contributed by atoms with Crippen LogP contribution in [0.5, 0.6) is 0 Å². The number of piperazine rings is 1. The number of pyridine rings is 1. The molecule has 1 fully saturated rings. The number of methoxy groups -OCH3 is 1. The van der Waals surface area contributed by atoms with Gasteiger partial charge in [-0.1, -0.05) is 0 Å². The monoisotopic (exact) mass is 316 g/mol. The number of nitrogens with one attached hydrogen (secondary N) is 3. The minimum Gasteiger partial charge on any atom is -0.381 e. The van der Waals surface area contributed by atoms with E-state index in [1.54, 1.807) is 23.5 Å². The molecule has 7 nitrogen and oxygen atoms in total. The molecule has 1 aromatic rings. The van der Waals surface area contributed by atoms with Crippen molar-refractivity contribution in [1.82, 2.24) is 4.31 Å². The normalized spacial score (nSPS) is 17.8. The summed E-state index contributed by atoms with van der Waals surface area (Å²) in [4.78, 5) is 4.64. The van der Waals surface area contributed by atoms with Crippen LogP contribution < -0.4 is 15.2 Å². The summed E-state index contributed by atoms with van der Waals surface area (Å²) in [5.74, 6) is 0.772. The van der Waals surface area contributed by atoms with Crippen LogP contribution in [0.25, 0.3) is 0 Å². The van der Waals surface area contributed by atoms with Gasteiger partial charge in [0.15, 0.2) is 0 Å². The van der Waals surface area contributed by atoms with E-state index in [1.807, 2.05) is 0 Å². The Balaban J connectivity index is 2.03. The lowest BCUT2D eigenvalue weighted by molar-refractivity contribution is -0.883. The lowest BCUT2D eigenvalue weighted by Crippen LogP contribution is -3.12. The zero-order chi connectivity index (χ0) is 15.3. The minimum absolute atomic E-state index is 0.305. The molecule has 21 heavy (non-hydrogen) atoms. The summed E-state index contributed by atoms with van der Waals surface area (Å²) in [5, 5.41) is 3.12. The third kappa shape index (κ3) is 4.13. The van der Waals surface area contributed by atoms with Crippen LogP contribution in [0.2, 0.25) is 0 Å². The second-order valence-corrected chi connectivity index (χ2v) is 7.16. The van der Waals surface area contributed by atoms with Gasteiger partial charge in [-0.05, 0) is 6.07 Å². The molecule has 3 N–H and O–H groups in total. The van der Waals surface area contributed by atoms with E-state index in [0.717, 1.165) is 18.9 Å². The van der Waals surface area contributed by atoms with Gasteiger partial charge in [0, 0.05) is 13.2 Å². The van der Waals surface area contributed by atoms with Crippen molar-refractivity contribution in [2.24, 2.45) is 0 Å². The van der Waals surface area contributed by atoms with Crippen molar-refractivity contribution in [2.75, 3.05) is 58.8 Å². The van der Waals surface area contributed by atoms with Crippen LogP contribution >= 0.6 is 0 Å². The Kier molecular flexibility index (Phi) is 5.51. The fourth-order valence-electron chi connectivity index (χ4n) is 2.23. The Morgan fingerprint density at radius 1 is 1.38 bits per heavy atom. The average Bonchev–Trinajstić information content (AvgIpc) is 2.48. The molecule has 8 heteroatoms. The number of hydrogen-bond acceptors (Lipinski definition) is 4. The Hall–Kier alpha value is -1.22. The van der Waals surface area contributed by atoms with E-state index in [-0.39, 0.29) is 0 Å². The van der Waals surface area contributed by atoms with Gasteiger partial charge < -0.3 is 9.64 Å². The topological polar surface area (TPSA) is 77.2 Å². The summed E-state index contributed by atoms with van der Waals surface area (Å²) in [6.07, 6.45) is 1.54. The Morgan fingerprint density at radius 2 is 2.10 bits per heavy atom. The lowest BCUT2D eigenvalue weighted by Gasteiger charge is -2.29. The maximum Gasteiger partial charge on any atom is 0.272 e. The van der Waals surface area contributed by atoms with Crippen molar-refractivity contribution in [3.05, 3.63) is 18.3 Å². The van der Waals surface area contributed by atoms with E-state index in [0.29, 0.717) is 31.1 Å². The molecule has 2 heterocycles. The maximum atomic E-state index is 12.5. The van der Waals surface area contributed by atoms with Gasteiger partial charge in [0.05, 0.1) is 39.8 Å². The lowest BCUT2D eigenvalue weighted by atomic mass is 10.4. The highest BCUT2D eigenvalue weighted by Crippen LogP contribution is 2.14. The Labute approximate surface area is 126 Å². The molecule has 1 aliphatic rings. The number of H-pyrrole nitrogens is 1. The second-order valence-electron chi connectivity index (χ2n) is 5.22. The molecule has 0 amide bonds. The Morgan fingerprint density at radius 3 is 2.67 bits per heavy atom. The van der Waals surface area contributed by atoms with E-state index in [1.165, 1.54) is 11.1 Å². The van der Waals surface area contributed by atoms with Crippen molar-refractivity contribution in [3.63, 3.8) is 0 Å². The van der Waals surface area contributed by atoms with Crippen LogP contribution in [0.4, 0.5) is 5.82 Å². The Bertz CT molecular complexity index is 539. The average molecular weight is 316 g/mol. The van der Waals surface area contributed by atoms with Gasteiger partial charge in [-0.15, -0.1) is 0 Å². The first-order valence-corrected chi connectivity index (χ1v) is 8.54. The molecule has 0 radical (unpaired) electrons. The smallest absolute Gasteiger partial charge is 0.272 e. The van der Waals surface area contributed by atoms with Crippen molar-refractivity contribution >= 4 is 15.8 Å². The molecule has 1 aromatic heterocycles. The van der Waals surface area contributed by atoms with Crippen LogP contribution in [-0.2, 0) is 14.8 Å². The molecule has 0 aliphatic carbocycles. The summed E-state index contributed by atoms with van der Waals surface area (Å²) in [6.45, 7) is 4.10. The number of aromatic amines is 1. The van der Waals surface area contributed by atoms with Crippen LogP contribution in [0, 0.1) is 0 Å². The van der Waals surface area contributed by atoms with Gasteiger partial charge in [0.25, 0.3) is 5.82 Å². The van der Waals surface area contributed by atoms with Crippen LogP contribution in [0.1, 0.15) is 0 Å². The number of quaternary nitrogens is 1. The molecule has 0 saturated carbocycles. The van der Waals surface area contributed by atoms with Gasteiger partial charge in [0.2, 0.25) is 10.0 Å². The van der Waals surface area contributed by atoms with E-state index >= 15 is 0 Å². The molecular weight excluding hydrogens is 292 g/mol. The molecule has 118 valence electrons. The molecule has 1 aliphatic heterocycles. The second kappa shape index (κ2) is 7.17. The summed E-state index contributed by atoms with van der Waals surface area (Å²) >= 11 is 0. The van der Waals surface area contributed by atoms with E-state index in [9.17, 15) is 8.42 Å². The third-order valence-corrected chi connectivity index (χ3v) is 5.51. The van der Waals surface area contributed by atoms with Gasteiger partial charge >= 0.3 is 0 Å². The van der Waals surface area contributed by atoms with E-state index in [2.05, 4.69) is 17.3 Å². The fourth-order valence-corrected chi connectivity index (χ4v) is 3.64. The number of sulfonamides is 1. The van der Waals surface area contributed by atoms with Gasteiger partial charge in [-0.2, -0.15) is 4.31 Å². The SMILES string of the molecule is COCCNc1ccc(S(=O)(=O)N2CC[NH+](C)CC2)c[nH+]1. The first-order valence-electron chi connectivity index (χ1n) is 7.10. The number of anilines is 1. The predicted molar refractivity (Wildman–Crippen MR) is 78.7 cm³/mol. The molecule has 0 bridgehead atoms. The summed E-state index contributed by atoms with van der Waals surface area (Å²) in [6, 6.07) is 3.37. The largest absolute Gasteiger partial charge is 0.381 e. The number of hydrogen-bond donors (Lipinski definition) is 2. The molecule has 0 unspecified atom stereocenters. The number of rotatable bonds is 6. The highest BCUT2D eigenvalue weighted by Gasteiger charge is 2.29. The first-order chi connectivity index (χ1) is 10.0. The van der Waals surface area contributed by atoms with Crippen molar-refractivity contribution < 1.29 is 23.0 Å². The van der Waals surface area contributed by atoms with E-state index in [4.69, 9.17) is 4.74 Å².